The standard InChI is InChI=1S/C20H22ClN5OS/c21-18-8-7-17(28-18)20(27)23-11-14-12-24-26(13-14)16-5-3-15(4-6-16)19(22)25-9-1-2-10-25/h3-7,12-13,18,22H,1-2,8-11H2,(H,23,27). The summed E-state index contributed by atoms with van der Waals surface area (Å²) in [6, 6.07) is 7.86. The van der Waals surface area contributed by atoms with Gasteiger partial charge in [0.15, 0.2) is 0 Å². The van der Waals surface area contributed by atoms with E-state index in [9.17, 15) is 4.79 Å². The molecule has 0 radical (unpaired) electrons. The number of alkyl halides is 1. The summed E-state index contributed by atoms with van der Waals surface area (Å²) >= 11 is 7.40. The zero-order valence-electron chi connectivity index (χ0n) is 15.4. The van der Waals surface area contributed by atoms with Crippen molar-refractivity contribution in [2.45, 2.75) is 30.5 Å². The maximum atomic E-state index is 12.1. The minimum absolute atomic E-state index is 0.0431. The van der Waals surface area contributed by atoms with Crippen LogP contribution in [-0.4, -0.2) is 44.2 Å². The van der Waals surface area contributed by atoms with Gasteiger partial charge in [-0.2, -0.15) is 5.10 Å². The van der Waals surface area contributed by atoms with Crippen LogP contribution in [0.15, 0.2) is 47.6 Å². The minimum Gasteiger partial charge on any atom is -0.357 e. The lowest BCUT2D eigenvalue weighted by Crippen LogP contribution is -2.27. The smallest absolute Gasteiger partial charge is 0.257 e. The van der Waals surface area contributed by atoms with Crippen molar-refractivity contribution in [3.8, 4) is 5.69 Å². The Labute approximate surface area is 173 Å². The average Bonchev–Trinajstić information content (AvgIpc) is 3.47. The van der Waals surface area contributed by atoms with Crippen molar-refractivity contribution in [2.75, 3.05) is 13.1 Å². The van der Waals surface area contributed by atoms with Crippen LogP contribution < -0.4 is 5.32 Å². The second-order valence-corrected chi connectivity index (χ2v) is 8.93. The number of thioether (sulfide) groups is 1. The number of aromatic nitrogens is 2. The van der Waals surface area contributed by atoms with E-state index >= 15 is 0 Å². The Morgan fingerprint density at radius 3 is 2.71 bits per heavy atom. The Morgan fingerprint density at radius 2 is 2.04 bits per heavy atom. The normalized spacial score (nSPS) is 19.0. The van der Waals surface area contributed by atoms with E-state index in [1.807, 2.05) is 36.5 Å². The predicted octanol–water partition coefficient (Wildman–Crippen LogP) is 3.50. The number of hydrogen-bond donors (Lipinski definition) is 2. The van der Waals surface area contributed by atoms with Gasteiger partial charge in [-0.15, -0.1) is 23.4 Å². The summed E-state index contributed by atoms with van der Waals surface area (Å²) in [6.07, 6.45) is 8.58. The lowest BCUT2D eigenvalue weighted by Gasteiger charge is -2.18. The van der Waals surface area contributed by atoms with Crippen molar-refractivity contribution < 1.29 is 4.79 Å². The van der Waals surface area contributed by atoms with Crippen molar-refractivity contribution in [2.24, 2.45) is 0 Å². The molecule has 1 atom stereocenters. The van der Waals surface area contributed by atoms with Crippen molar-refractivity contribution in [1.82, 2.24) is 20.0 Å². The highest BCUT2D eigenvalue weighted by Gasteiger charge is 2.20. The molecule has 0 saturated carbocycles. The van der Waals surface area contributed by atoms with Crippen LogP contribution in [0.4, 0.5) is 0 Å². The summed E-state index contributed by atoms with van der Waals surface area (Å²) in [5.74, 6) is 0.497. The molecule has 0 aliphatic carbocycles. The number of nitrogens with zero attached hydrogens (tertiary/aromatic N) is 3. The fourth-order valence-corrected chi connectivity index (χ4v) is 4.55. The number of hydrogen-bond acceptors (Lipinski definition) is 4. The maximum absolute atomic E-state index is 12.1. The van der Waals surface area contributed by atoms with Gasteiger partial charge in [-0.3, -0.25) is 10.2 Å². The molecular formula is C20H22ClN5OS. The minimum atomic E-state index is -0.0920. The van der Waals surface area contributed by atoms with Crippen LogP contribution in [0.2, 0.25) is 0 Å². The van der Waals surface area contributed by atoms with E-state index in [1.54, 1.807) is 10.9 Å². The number of nitrogens with one attached hydrogen (secondary N) is 2. The molecule has 8 heteroatoms. The van der Waals surface area contributed by atoms with Crippen molar-refractivity contribution in [3.05, 3.63) is 58.8 Å². The molecule has 0 spiro atoms. The molecule has 1 aromatic heterocycles. The molecule has 0 bridgehead atoms. The summed E-state index contributed by atoms with van der Waals surface area (Å²) in [7, 11) is 0. The quantitative estimate of drug-likeness (QED) is 0.445. The fourth-order valence-electron chi connectivity index (χ4n) is 3.34. The molecular weight excluding hydrogens is 394 g/mol. The molecule has 2 N–H and O–H groups in total. The Morgan fingerprint density at radius 1 is 1.29 bits per heavy atom. The third kappa shape index (κ3) is 4.25. The second kappa shape index (κ2) is 8.41. The highest BCUT2D eigenvalue weighted by molar-refractivity contribution is 8.05. The zero-order chi connectivity index (χ0) is 19.5. The molecule has 2 aliphatic rings. The third-order valence-electron chi connectivity index (χ3n) is 4.88. The summed E-state index contributed by atoms with van der Waals surface area (Å²) in [6.45, 7) is 2.35. The predicted molar refractivity (Wildman–Crippen MR) is 113 cm³/mol. The Balaban J connectivity index is 1.36. The van der Waals surface area contributed by atoms with E-state index in [2.05, 4.69) is 15.3 Å². The van der Waals surface area contributed by atoms with E-state index in [0.29, 0.717) is 17.3 Å². The number of amides is 1. The van der Waals surface area contributed by atoms with Gasteiger partial charge >= 0.3 is 0 Å². The second-order valence-electron chi connectivity index (χ2n) is 6.90. The number of benzene rings is 1. The first-order chi connectivity index (χ1) is 13.6. The topological polar surface area (TPSA) is 74.0 Å². The Bertz CT molecular complexity index is 902. The van der Waals surface area contributed by atoms with Crippen molar-refractivity contribution in [1.29, 1.82) is 5.41 Å². The van der Waals surface area contributed by atoms with Gasteiger partial charge in [0.2, 0.25) is 0 Å². The molecule has 1 amide bonds. The summed E-state index contributed by atoms with van der Waals surface area (Å²) in [5.41, 5.74) is 2.77. The largest absolute Gasteiger partial charge is 0.357 e. The molecule has 1 fully saturated rings. The lowest BCUT2D eigenvalue weighted by molar-refractivity contribution is -0.116. The van der Waals surface area contributed by atoms with Crippen LogP contribution in [0.3, 0.4) is 0 Å². The molecule has 1 saturated heterocycles. The van der Waals surface area contributed by atoms with E-state index < -0.39 is 0 Å². The van der Waals surface area contributed by atoms with Gasteiger partial charge in [0, 0.05) is 37.0 Å². The van der Waals surface area contributed by atoms with Crippen LogP contribution in [0.5, 0.6) is 0 Å². The van der Waals surface area contributed by atoms with Gasteiger partial charge < -0.3 is 10.2 Å². The van der Waals surface area contributed by atoms with Crippen LogP contribution in [0.25, 0.3) is 5.69 Å². The molecule has 1 aromatic carbocycles. The molecule has 146 valence electrons. The monoisotopic (exact) mass is 415 g/mol. The first kappa shape index (κ1) is 19.1. The van der Waals surface area contributed by atoms with Crippen LogP contribution >= 0.6 is 23.4 Å². The van der Waals surface area contributed by atoms with E-state index in [-0.39, 0.29) is 10.6 Å². The fraction of sp³-hybridized carbons (Fsp3) is 0.350. The maximum Gasteiger partial charge on any atom is 0.257 e. The van der Waals surface area contributed by atoms with E-state index in [0.717, 1.165) is 49.2 Å². The lowest BCUT2D eigenvalue weighted by atomic mass is 10.1. The van der Waals surface area contributed by atoms with Gasteiger partial charge in [-0.05, 0) is 43.5 Å². The zero-order valence-corrected chi connectivity index (χ0v) is 17.0. The Kier molecular flexibility index (Phi) is 5.73. The molecule has 28 heavy (non-hydrogen) atoms. The van der Waals surface area contributed by atoms with E-state index in [1.165, 1.54) is 11.8 Å². The SMILES string of the molecule is N=C(c1ccc(-n2cc(CNC(=O)C3=CCC(Cl)S3)cn2)cc1)N1CCCC1. The van der Waals surface area contributed by atoms with Gasteiger partial charge in [-0.1, -0.05) is 6.08 Å². The summed E-state index contributed by atoms with van der Waals surface area (Å²) in [4.78, 5) is 14.9. The number of allylic oxidation sites excluding steroid dienone is 1. The number of halogens is 1. The number of carbonyl (C=O) groups is 1. The van der Waals surface area contributed by atoms with Crippen molar-refractivity contribution in [3.63, 3.8) is 0 Å². The first-order valence-electron chi connectivity index (χ1n) is 9.37. The number of amidine groups is 1. The highest BCUT2D eigenvalue weighted by Crippen LogP contribution is 2.34. The first-order valence-corrected chi connectivity index (χ1v) is 10.7. The van der Waals surface area contributed by atoms with Crippen LogP contribution in [-0.2, 0) is 11.3 Å². The molecule has 2 aromatic rings. The number of likely N-dealkylation sites (tertiary alicyclic amines) is 1. The van der Waals surface area contributed by atoms with Gasteiger partial charge in [0.05, 0.1) is 21.5 Å². The van der Waals surface area contributed by atoms with Gasteiger partial charge in [0.25, 0.3) is 5.91 Å². The Hall–Kier alpha value is -2.25. The number of carbonyl (C=O) groups excluding carboxylic acids is 1. The highest BCUT2D eigenvalue weighted by atomic mass is 35.5. The van der Waals surface area contributed by atoms with Crippen LogP contribution in [0, 0.1) is 5.41 Å². The van der Waals surface area contributed by atoms with E-state index in [4.69, 9.17) is 17.0 Å². The average molecular weight is 416 g/mol. The molecule has 6 nitrogen and oxygen atoms in total. The van der Waals surface area contributed by atoms with Crippen molar-refractivity contribution >= 4 is 35.1 Å². The molecule has 1 unspecified atom stereocenters. The molecule has 4 rings (SSSR count). The molecule has 2 aliphatic heterocycles. The third-order valence-corrected chi connectivity index (χ3v) is 6.38. The van der Waals surface area contributed by atoms with Crippen LogP contribution in [0.1, 0.15) is 30.4 Å². The summed E-state index contributed by atoms with van der Waals surface area (Å²) in [5, 5.41) is 15.6. The van der Waals surface area contributed by atoms with Gasteiger partial charge in [0.1, 0.15) is 5.84 Å². The summed E-state index contributed by atoms with van der Waals surface area (Å²) < 4.78 is 1.74. The number of rotatable bonds is 5. The van der Waals surface area contributed by atoms with Gasteiger partial charge in [-0.25, -0.2) is 4.68 Å². The molecule has 3 heterocycles.